The number of anilines is 1. The van der Waals surface area contributed by atoms with Crippen molar-refractivity contribution in [3.63, 3.8) is 0 Å². The Balaban J connectivity index is 1.79. The van der Waals surface area contributed by atoms with E-state index in [2.05, 4.69) is 50.0 Å². The first kappa shape index (κ1) is 19.0. The van der Waals surface area contributed by atoms with Gasteiger partial charge in [0, 0.05) is 17.8 Å². The molecule has 1 atom stereocenters. The fourth-order valence-corrected chi connectivity index (χ4v) is 4.91. The minimum atomic E-state index is -4.00. The third-order valence-corrected chi connectivity index (χ3v) is 6.67. The predicted molar refractivity (Wildman–Crippen MR) is 111 cm³/mol. The van der Waals surface area contributed by atoms with Gasteiger partial charge >= 0.3 is 0 Å². The van der Waals surface area contributed by atoms with Crippen LogP contribution >= 0.6 is 0 Å². The quantitative estimate of drug-likeness (QED) is 0.782. The van der Waals surface area contributed by atoms with Crippen LogP contribution in [0.1, 0.15) is 37.0 Å². The average molecular weight is 400 g/mol. The van der Waals surface area contributed by atoms with Gasteiger partial charge in [-0.3, -0.25) is 4.55 Å². The number of ether oxygens (including phenoxy) is 1. The number of hydrogen-bond acceptors (Lipinski definition) is 4. The number of para-hydroxylation sites is 1. The molecule has 0 radical (unpaired) electrons. The lowest BCUT2D eigenvalue weighted by molar-refractivity contribution is 0.0535. The zero-order valence-electron chi connectivity index (χ0n) is 16.3. The van der Waals surface area contributed by atoms with Crippen molar-refractivity contribution in [2.45, 2.75) is 38.3 Å². The van der Waals surface area contributed by atoms with Crippen molar-refractivity contribution in [2.75, 3.05) is 17.2 Å². The second kappa shape index (κ2) is 6.36. The molecule has 2 aromatic rings. The molecule has 0 aliphatic carbocycles. The zero-order chi connectivity index (χ0) is 20.2. The molecule has 2 aliphatic rings. The molecule has 1 unspecified atom stereocenters. The summed E-state index contributed by atoms with van der Waals surface area (Å²) >= 11 is 0. The van der Waals surface area contributed by atoms with E-state index in [9.17, 15) is 8.42 Å². The summed E-state index contributed by atoms with van der Waals surface area (Å²) in [4.78, 5) is 2.13. The van der Waals surface area contributed by atoms with Crippen LogP contribution in [0.5, 0.6) is 5.75 Å². The third-order valence-electron chi connectivity index (χ3n) is 5.87. The van der Waals surface area contributed by atoms with Crippen molar-refractivity contribution < 1.29 is 17.7 Å². The van der Waals surface area contributed by atoms with Crippen molar-refractivity contribution in [1.82, 2.24) is 0 Å². The molecule has 148 valence electrons. The minimum absolute atomic E-state index is 0.276. The number of rotatable bonds is 4. The summed E-state index contributed by atoms with van der Waals surface area (Å²) in [5, 5.41) is 0. The highest BCUT2D eigenvalue weighted by atomic mass is 32.2. The number of benzene rings is 2. The van der Waals surface area contributed by atoms with E-state index in [0.29, 0.717) is 13.0 Å². The van der Waals surface area contributed by atoms with Crippen molar-refractivity contribution >= 4 is 21.9 Å². The summed E-state index contributed by atoms with van der Waals surface area (Å²) in [7, 11) is -4.00. The molecule has 2 aliphatic heterocycles. The molecule has 0 amide bonds. The Kier molecular flexibility index (Phi) is 4.32. The van der Waals surface area contributed by atoms with Crippen LogP contribution in [-0.4, -0.2) is 31.0 Å². The van der Waals surface area contributed by atoms with Crippen LogP contribution in [0.4, 0.5) is 5.69 Å². The summed E-state index contributed by atoms with van der Waals surface area (Å²) < 4.78 is 38.3. The Morgan fingerprint density at radius 2 is 1.89 bits per heavy atom. The van der Waals surface area contributed by atoms with Crippen LogP contribution in [-0.2, 0) is 15.5 Å². The zero-order valence-corrected chi connectivity index (χ0v) is 17.2. The van der Waals surface area contributed by atoms with E-state index in [0.717, 1.165) is 22.6 Å². The molecule has 28 heavy (non-hydrogen) atoms. The SMILES string of the molecule is Cc1ccc2c(c1)C=CC1(O2)N(CCCS(=O)(=O)O)c2ccccc2C1(C)C. The van der Waals surface area contributed by atoms with Gasteiger partial charge in [0.1, 0.15) is 5.75 Å². The molecule has 2 aromatic carbocycles. The molecular formula is C22H25NO4S. The maximum absolute atomic E-state index is 11.2. The van der Waals surface area contributed by atoms with E-state index < -0.39 is 15.8 Å². The monoisotopic (exact) mass is 399 g/mol. The Hall–Kier alpha value is -2.31. The van der Waals surface area contributed by atoms with Crippen LogP contribution in [0.25, 0.3) is 6.08 Å². The predicted octanol–water partition coefficient (Wildman–Crippen LogP) is 4.17. The van der Waals surface area contributed by atoms with Crippen LogP contribution < -0.4 is 9.64 Å². The van der Waals surface area contributed by atoms with Crippen molar-refractivity contribution in [3.8, 4) is 5.75 Å². The molecule has 2 heterocycles. The summed E-state index contributed by atoms with van der Waals surface area (Å²) in [5.41, 5.74) is 3.26. The number of aryl methyl sites for hydroxylation is 1. The molecule has 0 fully saturated rings. The lowest BCUT2D eigenvalue weighted by atomic mass is 9.76. The van der Waals surface area contributed by atoms with Gasteiger partial charge in [0.15, 0.2) is 0 Å². The second-order valence-corrected chi connectivity index (χ2v) is 9.68. The van der Waals surface area contributed by atoms with E-state index in [-0.39, 0.29) is 11.2 Å². The van der Waals surface area contributed by atoms with E-state index >= 15 is 0 Å². The van der Waals surface area contributed by atoms with Gasteiger partial charge in [-0.1, -0.05) is 29.8 Å². The van der Waals surface area contributed by atoms with E-state index in [1.165, 1.54) is 5.56 Å². The van der Waals surface area contributed by atoms with Gasteiger partial charge in [-0.2, -0.15) is 8.42 Å². The summed E-state index contributed by atoms with van der Waals surface area (Å²) in [6.07, 6.45) is 4.49. The van der Waals surface area contributed by atoms with Gasteiger partial charge in [-0.05, 0) is 63.1 Å². The average Bonchev–Trinajstić information content (AvgIpc) is 2.80. The van der Waals surface area contributed by atoms with Crippen molar-refractivity contribution in [3.05, 3.63) is 65.2 Å². The smallest absolute Gasteiger partial charge is 0.264 e. The molecule has 1 spiro atoms. The largest absolute Gasteiger partial charge is 0.463 e. The van der Waals surface area contributed by atoms with Crippen LogP contribution in [0.2, 0.25) is 0 Å². The first-order chi connectivity index (χ1) is 13.1. The highest BCUT2D eigenvalue weighted by Crippen LogP contribution is 2.54. The van der Waals surface area contributed by atoms with Gasteiger partial charge in [0.25, 0.3) is 10.1 Å². The van der Waals surface area contributed by atoms with Crippen LogP contribution in [0.3, 0.4) is 0 Å². The number of hydrogen-bond donors (Lipinski definition) is 1. The molecule has 4 rings (SSSR count). The second-order valence-electron chi connectivity index (χ2n) is 8.11. The first-order valence-electron chi connectivity index (χ1n) is 9.45. The molecule has 1 N–H and O–H groups in total. The lowest BCUT2D eigenvalue weighted by Crippen LogP contribution is -2.59. The van der Waals surface area contributed by atoms with Crippen LogP contribution in [0, 0.1) is 6.92 Å². The topological polar surface area (TPSA) is 66.8 Å². The normalized spacial score (nSPS) is 22.1. The summed E-state index contributed by atoms with van der Waals surface area (Å²) in [5.74, 6) is 0.538. The highest BCUT2D eigenvalue weighted by molar-refractivity contribution is 7.85. The van der Waals surface area contributed by atoms with Crippen LogP contribution in [0.15, 0.2) is 48.5 Å². The fourth-order valence-electron chi connectivity index (χ4n) is 4.41. The molecule has 5 nitrogen and oxygen atoms in total. The van der Waals surface area contributed by atoms with Gasteiger partial charge in [-0.25, -0.2) is 0 Å². The maximum atomic E-state index is 11.2. The minimum Gasteiger partial charge on any atom is -0.463 e. The standard InChI is InChI=1S/C22H25NO4S/c1-16-9-10-20-17(15-16)11-12-22(27-20)21(2,3)18-7-4-5-8-19(18)23(22)13-6-14-28(24,25)26/h4-5,7-12,15H,6,13-14H2,1-3H3,(H,24,25,26). The van der Waals surface area contributed by atoms with Crippen molar-refractivity contribution in [1.29, 1.82) is 0 Å². The van der Waals surface area contributed by atoms with Gasteiger partial charge in [0.2, 0.25) is 5.72 Å². The molecule has 0 aromatic heterocycles. The molecule has 0 bridgehead atoms. The number of fused-ring (bicyclic) bond motifs is 2. The van der Waals surface area contributed by atoms with Crippen molar-refractivity contribution in [2.24, 2.45) is 0 Å². The van der Waals surface area contributed by atoms with E-state index in [1.54, 1.807) is 0 Å². The lowest BCUT2D eigenvalue weighted by Gasteiger charge is -2.47. The van der Waals surface area contributed by atoms with E-state index in [4.69, 9.17) is 9.29 Å². The Labute approximate surface area is 166 Å². The van der Waals surface area contributed by atoms with Gasteiger partial charge in [0.05, 0.1) is 11.2 Å². The van der Waals surface area contributed by atoms with E-state index in [1.807, 2.05) is 30.3 Å². The summed E-state index contributed by atoms with van der Waals surface area (Å²) in [6, 6.07) is 14.3. The Morgan fingerprint density at radius 3 is 2.64 bits per heavy atom. The summed E-state index contributed by atoms with van der Waals surface area (Å²) in [6.45, 7) is 6.80. The first-order valence-corrected chi connectivity index (χ1v) is 11.1. The molecule has 0 saturated carbocycles. The number of nitrogens with zero attached hydrogens (tertiary/aromatic N) is 1. The molecule has 6 heteroatoms. The molecule has 0 saturated heterocycles. The Morgan fingerprint density at radius 1 is 1.14 bits per heavy atom. The maximum Gasteiger partial charge on any atom is 0.264 e. The van der Waals surface area contributed by atoms with Gasteiger partial charge in [-0.15, -0.1) is 0 Å². The van der Waals surface area contributed by atoms with Gasteiger partial charge < -0.3 is 9.64 Å². The molecular weight excluding hydrogens is 374 g/mol. The Bertz CT molecular complexity index is 1060. The fraction of sp³-hybridized carbons (Fsp3) is 0.364. The third kappa shape index (κ3) is 2.91. The highest BCUT2D eigenvalue weighted by Gasteiger charge is 2.58.